The Kier molecular flexibility index (Phi) is 8.91. The molecule has 206 valence electrons. The van der Waals surface area contributed by atoms with Crippen molar-refractivity contribution in [2.75, 3.05) is 50.0 Å². The molecule has 1 saturated heterocycles. The fourth-order valence-electron chi connectivity index (χ4n) is 5.22. The Morgan fingerprint density at radius 1 is 1.08 bits per heavy atom. The molecule has 0 radical (unpaired) electrons. The molecule has 0 aliphatic carbocycles. The molecule has 4 rings (SSSR count). The van der Waals surface area contributed by atoms with Gasteiger partial charge in [-0.1, -0.05) is 48.5 Å². The van der Waals surface area contributed by atoms with Crippen molar-refractivity contribution < 1.29 is 27.9 Å². The van der Waals surface area contributed by atoms with E-state index in [4.69, 9.17) is 9.84 Å². The number of nitrogens with one attached hydrogen (secondary N) is 2. The number of para-hydroxylation sites is 1. The van der Waals surface area contributed by atoms with Crippen LogP contribution in [0.25, 0.3) is 0 Å². The molecule has 1 fully saturated rings. The molecule has 2 aliphatic rings. The Labute approximate surface area is 224 Å². The first-order chi connectivity index (χ1) is 18.2. The molecule has 0 unspecified atom stereocenters. The predicted octanol–water partition coefficient (Wildman–Crippen LogP) is 1.59. The van der Waals surface area contributed by atoms with Crippen molar-refractivity contribution in [1.82, 2.24) is 15.5 Å². The molecule has 11 heteroatoms. The maximum atomic E-state index is 13.5. The van der Waals surface area contributed by atoms with Gasteiger partial charge < -0.3 is 25.4 Å². The number of carbonyl (C=O) groups is 2. The van der Waals surface area contributed by atoms with Crippen LogP contribution in [0.2, 0.25) is 0 Å². The molecular formula is C27H36N4O6S. The minimum atomic E-state index is -3.42. The summed E-state index contributed by atoms with van der Waals surface area (Å²) in [5.41, 5.74) is 2.32. The summed E-state index contributed by atoms with van der Waals surface area (Å²) in [5.74, 6) is -0.239. The number of amides is 3. The van der Waals surface area contributed by atoms with Crippen molar-refractivity contribution in [1.29, 1.82) is 0 Å². The summed E-state index contributed by atoms with van der Waals surface area (Å²) in [4.78, 5) is 27.7. The van der Waals surface area contributed by atoms with E-state index in [1.54, 1.807) is 4.90 Å². The number of hydrogen-bond donors (Lipinski definition) is 3. The van der Waals surface area contributed by atoms with E-state index in [1.165, 1.54) is 10.6 Å². The highest BCUT2D eigenvalue weighted by atomic mass is 32.2. The molecule has 2 heterocycles. The van der Waals surface area contributed by atoms with Crippen molar-refractivity contribution >= 4 is 27.6 Å². The first kappa shape index (κ1) is 27.9. The Bertz CT molecular complexity index is 1220. The number of urea groups is 1. The Balaban J connectivity index is 1.42. The Morgan fingerprint density at radius 3 is 2.45 bits per heavy atom. The number of likely N-dealkylation sites (tertiary alicyclic amines) is 1. The number of benzene rings is 2. The van der Waals surface area contributed by atoms with Crippen LogP contribution in [-0.4, -0.2) is 82.1 Å². The van der Waals surface area contributed by atoms with Crippen molar-refractivity contribution in [3.05, 3.63) is 65.7 Å². The third-order valence-corrected chi connectivity index (χ3v) is 8.37. The normalized spacial score (nSPS) is 17.2. The Morgan fingerprint density at radius 2 is 1.76 bits per heavy atom. The van der Waals surface area contributed by atoms with Crippen LogP contribution in [0, 0.1) is 0 Å². The number of fused-ring (bicyclic) bond motifs is 2. The number of aliphatic hydroxyl groups excluding tert-OH is 1. The summed E-state index contributed by atoms with van der Waals surface area (Å²) in [5, 5.41) is 14.3. The van der Waals surface area contributed by atoms with E-state index in [9.17, 15) is 18.0 Å². The monoisotopic (exact) mass is 544 g/mol. The van der Waals surface area contributed by atoms with Crippen molar-refractivity contribution in [3.8, 4) is 0 Å². The number of aliphatic hydroxyl groups is 1. The number of carbonyl (C=O) groups excluding carboxylic acids is 2. The molecule has 2 aromatic carbocycles. The zero-order valence-corrected chi connectivity index (χ0v) is 22.5. The maximum Gasteiger partial charge on any atom is 0.315 e. The van der Waals surface area contributed by atoms with Gasteiger partial charge in [0, 0.05) is 38.2 Å². The zero-order chi connectivity index (χ0) is 27.2. The van der Waals surface area contributed by atoms with Crippen LogP contribution in [0.15, 0.2) is 54.6 Å². The van der Waals surface area contributed by atoms with Crippen molar-refractivity contribution in [2.45, 2.75) is 37.3 Å². The number of anilines is 1. The minimum Gasteiger partial charge on any atom is -0.396 e. The highest BCUT2D eigenvalue weighted by Gasteiger charge is 2.47. The highest BCUT2D eigenvalue weighted by Crippen LogP contribution is 2.47. The predicted molar refractivity (Wildman–Crippen MR) is 144 cm³/mol. The zero-order valence-electron chi connectivity index (χ0n) is 21.6. The topological polar surface area (TPSA) is 128 Å². The lowest BCUT2D eigenvalue weighted by molar-refractivity contribution is -0.136. The Hall–Kier alpha value is -3.15. The molecule has 38 heavy (non-hydrogen) atoms. The van der Waals surface area contributed by atoms with Crippen molar-refractivity contribution in [3.63, 3.8) is 0 Å². The number of hydrogen-bond acceptors (Lipinski definition) is 6. The van der Waals surface area contributed by atoms with E-state index in [-0.39, 0.29) is 31.1 Å². The van der Waals surface area contributed by atoms with E-state index in [2.05, 4.69) is 10.6 Å². The molecule has 3 amide bonds. The minimum absolute atomic E-state index is 0.00742. The first-order valence-corrected chi connectivity index (χ1v) is 14.7. The van der Waals surface area contributed by atoms with E-state index in [1.807, 2.05) is 54.6 Å². The van der Waals surface area contributed by atoms with Gasteiger partial charge in [0.25, 0.3) is 0 Å². The van der Waals surface area contributed by atoms with Crippen LogP contribution >= 0.6 is 0 Å². The second kappa shape index (κ2) is 12.1. The highest BCUT2D eigenvalue weighted by molar-refractivity contribution is 7.92. The number of piperidine rings is 1. The van der Waals surface area contributed by atoms with Gasteiger partial charge in [0.2, 0.25) is 15.9 Å². The van der Waals surface area contributed by atoms with Crippen LogP contribution in [-0.2, 0) is 31.6 Å². The molecule has 0 saturated carbocycles. The first-order valence-electron chi connectivity index (χ1n) is 12.9. The van der Waals surface area contributed by atoms with Crippen LogP contribution in [0.3, 0.4) is 0 Å². The van der Waals surface area contributed by atoms with Gasteiger partial charge in [-0.3, -0.25) is 9.10 Å². The summed E-state index contributed by atoms with van der Waals surface area (Å²) < 4.78 is 32.2. The summed E-state index contributed by atoms with van der Waals surface area (Å²) in [6.07, 6.45) is 2.86. The number of nitrogens with zero attached hydrogens (tertiary/aromatic N) is 2. The average Bonchev–Trinajstić information content (AvgIpc) is 3.23. The molecular weight excluding hydrogens is 508 g/mol. The fraction of sp³-hybridized carbons (Fsp3) is 0.481. The molecule has 0 aromatic heterocycles. The maximum absolute atomic E-state index is 13.5. The second-order valence-electron chi connectivity index (χ2n) is 9.92. The summed E-state index contributed by atoms with van der Waals surface area (Å²) in [6, 6.07) is 15.8. The van der Waals surface area contributed by atoms with Crippen LogP contribution in [0.1, 0.15) is 30.4 Å². The van der Waals surface area contributed by atoms with E-state index in [0.29, 0.717) is 51.2 Å². The van der Waals surface area contributed by atoms with Crippen LogP contribution in [0.4, 0.5) is 10.5 Å². The standard InChI is InChI=1S/C27H36N4O6S/c1-38(35,36)31-20-27(22-10-5-6-11-24(22)31)12-15-30(16-13-27)25(33)23(29-26(34)28-14-7-17-32)19-37-18-21-8-3-2-4-9-21/h2-6,8-11,23,32H,7,12-20H2,1H3,(H2,28,29,34)/t23-/m1/s1. The molecule has 1 spiro atoms. The van der Waals surface area contributed by atoms with Crippen LogP contribution < -0.4 is 14.9 Å². The van der Waals surface area contributed by atoms with Gasteiger partial charge in [-0.2, -0.15) is 0 Å². The molecule has 10 nitrogen and oxygen atoms in total. The van der Waals surface area contributed by atoms with Gasteiger partial charge in [0.05, 0.1) is 25.2 Å². The van der Waals surface area contributed by atoms with E-state index >= 15 is 0 Å². The molecule has 3 N–H and O–H groups in total. The lowest BCUT2D eigenvalue weighted by Crippen LogP contribution is -2.56. The van der Waals surface area contributed by atoms with Gasteiger partial charge in [0.1, 0.15) is 6.04 Å². The lowest BCUT2D eigenvalue weighted by atomic mass is 9.74. The smallest absolute Gasteiger partial charge is 0.315 e. The number of ether oxygens (including phenoxy) is 1. The van der Waals surface area contributed by atoms with E-state index in [0.717, 1.165) is 11.1 Å². The third-order valence-electron chi connectivity index (χ3n) is 7.24. The molecule has 0 bridgehead atoms. The summed E-state index contributed by atoms with van der Waals surface area (Å²) in [6.45, 7) is 1.80. The second-order valence-corrected chi connectivity index (χ2v) is 11.8. The summed E-state index contributed by atoms with van der Waals surface area (Å²) >= 11 is 0. The van der Waals surface area contributed by atoms with Crippen molar-refractivity contribution in [2.24, 2.45) is 0 Å². The SMILES string of the molecule is CS(=O)(=O)N1CC2(CCN(C(=O)[C@@H](COCc3ccccc3)NC(=O)NCCCO)CC2)c2ccccc21. The van der Waals surface area contributed by atoms with Gasteiger partial charge in [-0.15, -0.1) is 0 Å². The number of sulfonamides is 1. The summed E-state index contributed by atoms with van der Waals surface area (Å²) in [7, 11) is -3.42. The average molecular weight is 545 g/mol. The van der Waals surface area contributed by atoms with Gasteiger partial charge in [0.15, 0.2) is 0 Å². The fourth-order valence-corrected chi connectivity index (χ4v) is 6.22. The molecule has 1 atom stereocenters. The van der Waals surface area contributed by atoms with Gasteiger partial charge >= 0.3 is 6.03 Å². The van der Waals surface area contributed by atoms with E-state index < -0.39 is 22.1 Å². The largest absolute Gasteiger partial charge is 0.396 e. The molecule has 2 aliphatic heterocycles. The molecule has 2 aromatic rings. The number of rotatable bonds is 10. The van der Waals surface area contributed by atoms with Gasteiger partial charge in [-0.05, 0) is 36.5 Å². The van der Waals surface area contributed by atoms with Crippen LogP contribution in [0.5, 0.6) is 0 Å². The quantitative estimate of drug-likeness (QED) is 0.390. The lowest BCUT2D eigenvalue weighted by Gasteiger charge is -2.40. The third kappa shape index (κ3) is 6.46. The van der Waals surface area contributed by atoms with Gasteiger partial charge in [-0.25, -0.2) is 13.2 Å².